The first-order chi connectivity index (χ1) is 8.16. The lowest BCUT2D eigenvalue weighted by molar-refractivity contribution is -0.0317. The van der Waals surface area contributed by atoms with Gasteiger partial charge in [0.2, 0.25) is 0 Å². The summed E-state index contributed by atoms with van der Waals surface area (Å²) in [6.45, 7) is 5.33. The third kappa shape index (κ3) is 2.45. The molecule has 1 saturated heterocycles. The summed E-state index contributed by atoms with van der Waals surface area (Å²) < 4.78 is 11.0. The maximum atomic E-state index is 10.5. The summed E-state index contributed by atoms with van der Waals surface area (Å²) in [4.78, 5) is 0. The van der Waals surface area contributed by atoms with E-state index in [4.69, 9.17) is 9.47 Å². The van der Waals surface area contributed by atoms with Crippen molar-refractivity contribution in [3.8, 4) is 5.75 Å². The Morgan fingerprint density at radius 3 is 2.65 bits per heavy atom. The van der Waals surface area contributed by atoms with Gasteiger partial charge in [-0.1, -0.05) is 19.1 Å². The largest absolute Gasteiger partial charge is 0.494 e. The second-order valence-corrected chi connectivity index (χ2v) is 4.56. The number of ether oxygens (including phenoxy) is 2. The van der Waals surface area contributed by atoms with E-state index in [0.717, 1.165) is 24.3 Å². The lowest BCUT2D eigenvalue weighted by atomic mass is 9.88. The smallest absolute Gasteiger partial charge is 0.119 e. The van der Waals surface area contributed by atoms with Crippen molar-refractivity contribution in [2.45, 2.75) is 38.4 Å². The van der Waals surface area contributed by atoms with E-state index in [1.54, 1.807) is 0 Å². The van der Waals surface area contributed by atoms with Gasteiger partial charge in [0.1, 0.15) is 11.4 Å². The summed E-state index contributed by atoms with van der Waals surface area (Å²) in [6, 6.07) is 7.67. The Hall–Kier alpha value is -1.06. The predicted octanol–water partition coefficient (Wildman–Crippen LogP) is 2.47. The highest BCUT2D eigenvalue weighted by atomic mass is 16.5. The normalized spacial score (nSPS) is 28.3. The fourth-order valence-electron chi connectivity index (χ4n) is 2.17. The highest BCUT2D eigenvalue weighted by Crippen LogP contribution is 2.36. The zero-order valence-corrected chi connectivity index (χ0v) is 10.5. The predicted molar refractivity (Wildman–Crippen MR) is 66.2 cm³/mol. The molecular weight excluding hydrogens is 216 g/mol. The molecule has 3 nitrogen and oxygen atoms in total. The lowest BCUT2D eigenvalue weighted by Crippen LogP contribution is -2.32. The van der Waals surface area contributed by atoms with Crippen molar-refractivity contribution >= 4 is 0 Å². The molecule has 94 valence electrons. The van der Waals surface area contributed by atoms with Crippen molar-refractivity contribution in [2.24, 2.45) is 0 Å². The van der Waals surface area contributed by atoms with Gasteiger partial charge in [-0.2, -0.15) is 0 Å². The molecule has 0 aromatic heterocycles. The number of hydrogen-bond acceptors (Lipinski definition) is 3. The van der Waals surface area contributed by atoms with Crippen molar-refractivity contribution < 1.29 is 14.6 Å². The molecule has 0 amide bonds. The van der Waals surface area contributed by atoms with Gasteiger partial charge < -0.3 is 14.6 Å². The van der Waals surface area contributed by atoms with Gasteiger partial charge in [-0.15, -0.1) is 0 Å². The van der Waals surface area contributed by atoms with Gasteiger partial charge in [0.25, 0.3) is 0 Å². The first-order valence-electron chi connectivity index (χ1n) is 6.24. The van der Waals surface area contributed by atoms with Gasteiger partial charge in [-0.25, -0.2) is 0 Å². The molecular formula is C14H20O3. The van der Waals surface area contributed by atoms with Crippen LogP contribution in [0.1, 0.15) is 32.3 Å². The fourth-order valence-corrected chi connectivity index (χ4v) is 2.17. The molecule has 2 unspecified atom stereocenters. The van der Waals surface area contributed by atoms with Crippen molar-refractivity contribution in [3.05, 3.63) is 29.8 Å². The Labute approximate surface area is 102 Å². The molecule has 2 atom stereocenters. The second-order valence-electron chi connectivity index (χ2n) is 4.56. The first kappa shape index (κ1) is 12.4. The molecule has 0 aliphatic carbocycles. The van der Waals surface area contributed by atoms with E-state index >= 15 is 0 Å². The van der Waals surface area contributed by atoms with Crippen molar-refractivity contribution in [1.82, 2.24) is 0 Å². The van der Waals surface area contributed by atoms with Crippen LogP contribution in [0.15, 0.2) is 24.3 Å². The van der Waals surface area contributed by atoms with Crippen molar-refractivity contribution in [1.29, 1.82) is 0 Å². The van der Waals surface area contributed by atoms with Crippen LogP contribution in [0.5, 0.6) is 5.75 Å². The highest BCUT2D eigenvalue weighted by molar-refractivity contribution is 5.32. The Kier molecular flexibility index (Phi) is 3.69. The quantitative estimate of drug-likeness (QED) is 0.872. The van der Waals surface area contributed by atoms with E-state index < -0.39 is 5.60 Å². The van der Waals surface area contributed by atoms with E-state index in [2.05, 4.69) is 6.92 Å². The van der Waals surface area contributed by atoms with Crippen LogP contribution < -0.4 is 4.74 Å². The number of rotatable bonds is 4. The monoisotopic (exact) mass is 236 g/mol. The zero-order valence-electron chi connectivity index (χ0n) is 10.5. The van der Waals surface area contributed by atoms with E-state index in [1.165, 1.54) is 0 Å². The van der Waals surface area contributed by atoms with Gasteiger partial charge in [0, 0.05) is 6.42 Å². The minimum atomic E-state index is -0.844. The molecule has 17 heavy (non-hydrogen) atoms. The Morgan fingerprint density at radius 2 is 2.12 bits per heavy atom. The van der Waals surface area contributed by atoms with Crippen LogP contribution in [0.3, 0.4) is 0 Å². The average molecular weight is 236 g/mol. The summed E-state index contributed by atoms with van der Waals surface area (Å²) in [6.07, 6.45) is 1.50. The van der Waals surface area contributed by atoms with Crippen LogP contribution in [0.2, 0.25) is 0 Å². The van der Waals surface area contributed by atoms with Gasteiger partial charge in [-0.3, -0.25) is 0 Å². The molecule has 1 aromatic carbocycles. The van der Waals surface area contributed by atoms with Gasteiger partial charge in [-0.05, 0) is 31.0 Å². The molecule has 1 aromatic rings. The molecule has 0 bridgehead atoms. The molecule has 1 fully saturated rings. The van der Waals surface area contributed by atoms with Gasteiger partial charge >= 0.3 is 0 Å². The molecule has 0 radical (unpaired) electrons. The maximum absolute atomic E-state index is 10.5. The number of hydrogen-bond donors (Lipinski definition) is 1. The highest BCUT2D eigenvalue weighted by Gasteiger charge is 2.40. The van der Waals surface area contributed by atoms with Gasteiger partial charge in [0.05, 0.1) is 19.3 Å². The SMILES string of the molecule is CCCOc1ccc(C2(O)CCOC2C)cc1. The Balaban J connectivity index is 2.12. The number of benzene rings is 1. The van der Waals surface area contributed by atoms with Crippen LogP contribution >= 0.6 is 0 Å². The molecule has 3 heteroatoms. The summed E-state index contributed by atoms with van der Waals surface area (Å²) >= 11 is 0. The molecule has 1 aliphatic heterocycles. The zero-order chi connectivity index (χ0) is 12.3. The minimum absolute atomic E-state index is 0.148. The molecule has 0 spiro atoms. The molecule has 2 rings (SSSR count). The van der Waals surface area contributed by atoms with E-state index in [0.29, 0.717) is 13.0 Å². The Bertz CT molecular complexity index is 360. The van der Waals surface area contributed by atoms with Gasteiger partial charge in [0.15, 0.2) is 0 Å². The van der Waals surface area contributed by atoms with E-state index in [9.17, 15) is 5.11 Å². The average Bonchev–Trinajstić information content (AvgIpc) is 2.69. The van der Waals surface area contributed by atoms with Crippen LogP contribution in [0, 0.1) is 0 Å². The van der Waals surface area contributed by atoms with Crippen LogP contribution in [0.4, 0.5) is 0 Å². The summed E-state index contributed by atoms with van der Waals surface area (Å²) in [5, 5.41) is 10.5. The first-order valence-corrected chi connectivity index (χ1v) is 6.24. The van der Waals surface area contributed by atoms with E-state index in [-0.39, 0.29) is 6.10 Å². The lowest BCUT2D eigenvalue weighted by Gasteiger charge is -2.26. The summed E-state index contributed by atoms with van der Waals surface area (Å²) in [7, 11) is 0. The topological polar surface area (TPSA) is 38.7 Å². The second kappa shape index (κ2) is 5.07. The minimum Gasteiger partial charge on any atom is -0.494 e. The summed E-state index contributed by atoms with van der Waals surface area (Å²) in [5.41, 5.74) is 0.0647. The number of aliphatic hydroxyl groups is 1. The van der Waals surface area contributed by atoms with Crippen molar-refractivity contribution in [2.75, 3.05) is 13.2 Å². The summed E-state index contributed by atoms with van der Waals surface area (Å²) in [5.74, 6) is 0.853. The third-order valence-electron chi connectivity index (χ3n) is 3.35. The van der Waals surface area contributed by atoms with Crippen LogP contribution in [-0.2, 0) is 10.3 Å². The Morgan fingerprint density at radius 1 is 1.41 bits per heavy atom. The van der Waals surface area contributed by atoms with E-state index in [1.807, 2.05) is 31.2 Å². The molecule has 1 heterocycles. The van der Waals surface area contributed by atoms with Crippen molar-refractivity contribution in [3.63, 3.8) is 0 Å². The fraction of sp³-hybridized carbons (Fsp3) is 0.571. The molecule has 0 saturated carbocycles. The maximum Gasteiger partial charge on any atom is 0.119 e. The molecule has 1 aliphatic rings. The molecule has 1 N–H and O–H groups in total. The third-order valence-corrected chi connectivity index (χ3v) is 3.35. The van der Waals surface area contributed by atoms with Crippen LogP contribution in [0.25, 0.3) is 0 Å². The van der Waals surface area contributed by atoms with Crippen LogP contribution in [-0.4, -0.2) is 24.4 Å². The standard InChI is InChI=1S/C14H20O3/c1-3-9-17-13-6-4-12(5-7-13)14(15)8-10-16-11(14)2/h4-7,11,15H,3,8-10H2,1-2H3.